The third-order valence-electron chi connectivity index (χ3n) is 8.86. The van der Waals surface area contributed by atoms with Crippen LogP contribution in [0.3, 0.4) is 0 Å². The van der Waals surface area contributed by atoms with Gasteiger partial charge in [0.15, 0.2) is 0 Å². The van der Waals surface area contributed by atoms with Crippen LogP contribution in [0.25, 0.3) is 0 Å². The molecule has 0 radical (unpaired) electrons. The number of carbonyl (C=O) groups is 10. The zero-order valence-corrected chi connectivity index (χ0v) is 30.9. The second kappa shape index (κ2) is 24.1. The first-order valence-electron chi connectivity index (χ1n) is 18.1. The number of aliphatic carboxylic acids is 1. The summed E-state index contributed by atoms with van der Waals surface area (Å²) in [5.74, 6) is -8.19. The number of nitrogens with two attached hydrogens (primary N) is 2. The molecule has 2 rings (SSSR count). The number of unbranched alkanes of at least 4 members (excludes halogenated alkanes) is 1. The SMILES string of the molecule is NCCCC[C@H](NC(=O)[C@@H]1CCCN1C(=O)CN)C(=O)NCC(=O)NCC(=O)N[C@@H](CO)C(=O)NCC(=O)N[C@@H](CO)C(=O)NCC(=O)N1CCC[C@H]1C(=O)O. The van der Waals surface area contributed by atoms with E-state index < -0.39 is 129 Å². The average molecular weight is 800 g/mol. The van der Waals surface area contributed by atoms with Gasteiger partial charge in [-0.25, -0.2) is 4.79 Å². The summed E-state index contributed by atoms with van der Waals surface area (Å²) >= 11 is 0. The Kier molecular flexibility index (Phi) is 20.1. The van der Waals surface area contributed by atoms with E-state index in [0.29, 0.717) is 45.2 Å². The van der Waals surface area contributed by atoms with Crippen LogP contribution in [0.5, 0.6) is 0 Å². The normalized spacial score (nSPS) is 17.8. The number of rotatable bonds is 23. The molecule has 14 N–H and O–H groups in total. The molecular weight excluding hydrogens is 746 g/mol. The Labute approximate surface area is 321 Å². The molecule has 0 spiro atoms. The number of nitrogens with one attached hydrogen (secondary N) is 7. The summed E-state index contributed by atoms with van der Waals surface area (Å²) in [7, 11) is 0. The third kappa shape index (κ3) is 15.0. The summed E-state index contributed by atoms with van der Waals surface area (Å²) in [5.41, 5.74) is 11.0. The number of hydrogen-bond acceptors (Lipinski definition) is 14. The number of carboxylic acids is 1. The van der Waals surface area contributed by atoms with Gasteiger partial charge < -0.3 is 73.8 Å². The van der Waals surface area contributed by atoms with E-state index in [1.54, 1.807) is 0 Å². The van der Waals surface area contributed by atoms with E-state index in [-0.39, 0.29) is 25.9 Å². The van der Waals surface area contributed by atoms with Crippen LogP contribution in [0.2, 0.25) is 0 Å². The summed E-state index contributed by atoms with van der Waals surface area (Å²) in [6, 6.07) is -5.99. The topological polar surface area (TPSA) is 374 Å². The molecule has 2 fully saturated rings. The molecule has 2 aliphatic rings. The second-order valence-electron chi connectivity index (χ2n) is 12.9. The maximum atomic E-state index is 13.0. The highest BCUT2D eigenvalue weighted by atomic mass is 16.4. The first-order chi connectivity index (χ1) is 26.7. The molecule has 9 amide bonds. The summed E-state index contributed by atoms with van der Waals surface area (Å²) in [6.45, 7) is -3.83. The molecule has 5 atom stereocenters. The summed E-state index contributed by atoms with van der Waals surface area (Å²) < 4.78 is 0. The number of carbonyl (C=O) groups excluding carboxylic acids is 9. The van der Waals surface area contributed by atoms with Gasteiger partial charge >= 0.3 is 5.97 Å². The van der Waals surface area contributed by atoms with E-state index >= 15 is 0 Å². The Morgan fingerprint density at radius 2 is 1.07 bits per heavy atom. The van der Waals surface area contributed by atoms with E-state index in [0.717, 1.165) is 4.90 Å². The predicted molar refractivity (Wildman–Crippen MR) is 191 cm³/mol. The largest absolute Gasteiger partial charge is 0.480 e. The number of amides is 9. The molecule has 0 aromatic heterocycles. The molecule has 56 heavy (non-hydrogen) atoms. The fourth-order valence-corrected chi connectivity index (χ4v) is 5.90. The molecule has 0 aromatic carbocycles. The van der Waals surface area contributed by atoms with Crippen LogP contribution in [-0.2, 0) is 47.9 Å². The molecule has 24 nitrogen and oxygen atoms in total. The lowest BCUT2D eigenvalue weighted by molar-refractivity contribution is -0.148. The maximum Gasteiger partial charge on any atom is 0.326 e. The number of hydrogen-bond donors (Lipinski definition) is 12. The quantitative estimate of drug-likeness (QED) is 0.0427. The molecule has 0 unspecified atom stereocenters. The van der Waals surface area contributed by atoms with Crippen LogP contribution in [0, 0.1) is 0 Å². The minimum Gasteiger partial charge on any atom is -0.480 e. The van der Waals surface area contributed by atoms with Crippen molar-refractivity contribution in [2.45, 2.75) is 75.2 Å². The first kappa shape index (κ1) is 46.7. The minimum absolute atomic E-state index is 0.193. The van der Waals surface area contributed by atoms with E-state index in [1.165, 1.54) is 4.90 Å². The fraction of sp³-hybridized carbons (Fsp3) is 0.688. The van der Waals surface area contributed by atoms with Crippen molar-refractivity contribution in [2.75, 3.05) is 65.6 Å². The van der Waals surface area contributed by atoms with Crippen molar-refractivity contribution < 1.29 is 63.3 Å². The van der Waals surface area contributed by atoms with Crippen LogP contribution >= 0.6 is 0 Å². The highest BCUT2D eigenvalue weighted by Gasteiger charge is 2.36. The van der Waals surface area contributed by atoms with E-state index in [9.17, 15) is 63.3 Å². The number of nitrogens with zero attached hydrogens (tertiary/aromatic N) is 2. The maximum absolute atomic E-state index is 13.0. The molecule has 314 valence electrons. The first-order valence-corrected chi connectivity index (χ1v) is 18.1. The summed E-state index contributed by atoms with van der Waals surface area (Å²) in [4.78, 5) is 126. The van der Waals surface area contributed by atoms with Gasteiger partial charge in [0.25, 0.3) is 0 Å². The van der Waals surface area contributed by atoms with Crippen molar-refractivity contribution >= 4 is 59.1 Å². The second-order valence-corrected chi connectivity index (χ2v) is 12.9. The van der Waals surface area contributed by atoms with Gasteiger partial charge in [-0.15, -0.1) is 0 Å². The Balaban J connectivity index is 1.77. The Hall–Kier alpha value is -5.46. The molecule has 2 aliphatic heterocycles. The van der Waals surface area contributed by atoms with Crippen molar-refractivity contribution in [1.82, 2.24) is 47.0 Å². The highest BCUT2D eigenvalue weighted by Crippen LogP contribution is 2.18. The monoisotopic (exact) mass is 799 g/mol. The number of likely N-dealkylation sites (tertiary alicyclic amines) is 2. The van der Waals surface area contributed by atoms with Gasteiger partial charge in [0.2, 0.25) is 53.2 Å². The number of aliphatic hydroxyl groups excluding tert-OH is 2. The summed E-state index contributed by atoms with van der Waals surface area (Å²) in [6.07, 6.45) is 2.94. The summed E-state index contributed by atoms with van der Waals surface area (Å²) in [5, 5.41) is 44.2. The van der Waals surface area contributed by atoms with Crippen molar-refractivity contribution in [3.05, 3.63) is 0 Å². The standard InChI is InChI=1S/C32H53N11O13/c33-8-2-1-5-18(41-31(54)21-6-3-9-42(21)26(49)11-34)28(51)36-12-23(46)35-13-24(47)39-19(16-44)29(52)37-14-25(48)40-20(17-45)30(53)38-15-27(50)43-10-4-7-22(43)32(55)56/h18-22,44-45H,1-17,33-34H2,(H,35,46)(H,36,51)(H,37,52)(H,38,53)(H,39,47)(H,40,48)(H,41,54)(H,55,56)/t18-,19-,20-,21-,22-/m0/s1. The van der Waals surface area contributed by atoms with E-state index in [4.69, 9.17) is 11.5 Å². The molecule has 0 aliphatic carbocycles. The van der Waals surface area contributed by atoms with Gasteiger partial charge in [0.05, 0.1) is 45.9 Å². The van der Waals surface area contributed by atoms with Gasteiger partial charge in [-0.2, -0.15) is 0 Å². The van der Waals surface area contributed by atoms with Crippen LogP contribution < -0.4 is 48.7 Å². The van der Waals surface area contributed by atoms with Crippen molar-refractivity contribution in [2.24, 2.45) is 11.5 Å². The zero-order valence-electron chi connectivity index (χ0n) is 30.9. The van der Waals surface area contributed by atoms with Crippen molar-refractivity contribution in [1.29, 1.82) is 0 Å². The fourth-order valence-electron chi connectivity index (χ4n) is 5.90. The lowest BCUT2D eigenvalue weighted by atomic mass is 10.1. The minimum atomic E-state index is -1.58. The molecular formula is C32H53N11O13. The van der Waals surface area contributed by atoms with Gasteiger partial charge in [-0.1, -0.05) is 0 Å². The predicted octanol–water partition coefficient (Wildman–Crippen LogP) is -7.96. The Morgan fingerprint density at radius 1 is 0.589 bits per heavy atom. The lowest BCUT2D eigenvalue weighted by Gasteiger charge is -2.26. The van der Waals surface area contributed by atoms with Crippen LogP contribution in [0.15, 0.2) is 0 Å². The smallest absolute Gasteiger partial charge is 0.326 e. The Bertz CT molecular complexity index is 1450. The van der Waals surface area contributed by atoms with Gasteiger partial charge in [-0.3, -0.25) is 43.2 Å². The molecule has 0 bridgehead atoms. The molecule has 2 saturated heterocycles. The number of carboxylic acid groups (broad SMARTS) is 1. The molecule has 0 saturated carbocycles. The van der Waals surface area contributed by atoms with Crippen LogP contribution in [-0.4, -0.2) is 180 Å². The van der Waals surface area contributed by atoms with Gasteiger partial charge in [0.1, 0.15) is 30.2 Å². The number of aliphatic hydroxyl groups is 2. The van der Waals surface area contributed by atoms with Crippen molar-refractivity contribution in [3.63, 3.8) is 0 Å². The zero-order chi connectivity index (χ0) is 41.8. The van der Waals surface area contributed by atoms with Crippen LogP contribution in [0.1, 0.15) is 44.9 Å². The third-order valence-corrected chi connectivity index (χ3v) is 8.86. The molecule has 0 aromatic rings. The lowest BCUT2D eigenvalue weighted by Crippen LogP contribution is -2.55. The van der Waals surface area contributed by atoms with Crippen molar-refractivity contribution in [3.8, 4) is 0 Å². The van der Waals surface area contributed by atoms with Crippen LogP contribution in [0.4, 0.5) is 0 Å². The van der Waals surface area contributed by atoms with Gasteiger partial charge in [-0.05, 0) is 51.5 Å². The molecule has 24 heteroatoms. The highest BCUT2D eigenvalue weighted by molar-refractivity contribution is 5.96. The Morgan fingerprint density at radius 3 is 1.59 bits per heavy atom. The average Bonchev–Trinajstić information content (AvgIpc) is 3.89. The van der Waals surface area contributed by atoms with E-state index in [2.05, 4.69) is 37.2 Å². The molecule has 2 heterocycles. The van der Waals surface area contributed by atoms with Gasteiger partial charge in [0, 0.05) is 13.1 Å². The van der Waals surface area contributed by atoms with E-state index in [1.807, 2.05) is 0 Å².